The number of aromatic nitrogens is 1. The topological polar surface area (TPSA) is 72.6 Å². The molecule has 0 fully saturated rings. The van der Waals surface area contributed by atoms with E-state index < -0.39 is 9.84 Å². The molecule has 0 bridgehead atoms. The van der Waals surface area contributed by atoms with Crippen LogP contribution in [0.2, 0.25) is 0 Å². The fraction of sp³-hybridized carbons (Fsp3) is 0.192. The van der Waals surface area contributed by atoms with Gasteiger partial charge in [-0.1, -0.05) is 42.0 Å². The van der Waals surface area contributed by atoms with Crippen molar-refractivity contribution in [3.8, 4) is 17.2 Å². The van der Waals surface area contributed by atoms with Gasteiger partial charge in [-0.05, 0) is 60.9 Å². The van der Waals surface area contributed by atoms with Crippen molar-refractivity contribution in [3.05, 3.63) is 89.5 Å². The monoisotopic (exact) mass is 460 g/mol. The molecule has 168 valence electrons. The summed E-state index contributed by atoms with van der Waals surface area (Å²) in [6, 6.07) is 22.2. The lowest BCUT2D eigenvalue weighted by Crippen LogP contribution is -2.31. The largest absolute Gasteiger partial charge is 0.497 e. The van der Waals surface area contributed by atoms with Gasteiger partial charge in [0.2, 0.25) is 26.6 Å². The Morgan fingerprint density at radius 1 is 0.939 bits per heavy atom. The van der Waals surface area contributed by atoms with Gasteiger partial charge >= 0.3 is 0 Å². The summed E-state index contributed by atoms with van der Waals surface area (Å²) < 4.78 is 38.6. The van der Waals surface area contributed by atoms with Gasteiger partial charge in [0.1, 0.15) is 5.75 Å². The number of hydrogen-bond donors (Lipinski definition) is 0. The second-order valence-corrected chi connectivity index (χ2v) is 9.98. The Balaban J connectivity index is 1.62. The number of oxazole rings is 1. The van der Waals surface area contributed by atoms with Gasteiger partial charge < -0.3 is 14.1 Å². The van der Waals surface area contributed by atoms with Crippen LogP contribution >= 0.6 is 0 Å². The van der Waals surface area contributed by atoms with Crippen molar-refractivity contribution in [2.45, 2.75) is 29.8 Å². The van der Waals surface area contributed by atoms with E-state index in [2.05, 4.69) is 17.1 Å². The van der Waals surface area contributed by atoms with E-state index in [-0.39, 0.29) is 21.7 Å². The van der Waals surface area contributed by atoms with Crippen LogP contribution in [-0.4, -0.2) is 27.1 Å². The van der Waals surface area contributed by atoms with Gasteiger partial charge in [-0.25, -0.2) is 8.42 Å². The van der Waals surface area contributed by atoms with E-state index in [1.54, 1.807) is 43.5 Å². The Hall–Kier alpha value is -3.58. The third-order valence-corrected chi connectivity index (χ3v) is 7.59. The molecule has 0 saturated carbocycles. The van der Waals surface area contributed by atoms with Gasteiger partial charge in [-0.3, -0.25) is 0 Å². The molecule has 4 aromatic rings. The van der Waals surface area contributed by atoms with Crippen molar-refractivity contribution >= 4 is 15.7 Å². The van der Waals surface area contributed by atoms with Crippen LogP contribution in [0.1, 0.15) is 16.7 Å². The molecular formula is C26H24N2O4S. The number of ether oxygens (including phenoxy) is 1. The minimum absolute atomic E-state index is 0.0587. The molecule has 5 rings (SSSR count). The maximum atomic E-state index is 13.6. The second kappa shape index (κ2) is 8.41. The zero-order valence-corrected chi connectivity index (χ0v) is 19.3. The van der Waals surface area contributed by atoms with Crippen LogP contribution in [0, 0.1) is 6.92 Å². The molecule has 0 unspecified atom stereocenters. The lowest BCUT2D eigenvalue weighted by atomic mass is 10.0. The highest BCUT2D eigenvalue weighted by molar-refractivity contribution is 7.91. The van der Waals surface area contributed by atoms with Crippen molar-refractivity contribution in [2.75, 3.05) is 18.6 Å². The molecule has 6 nitrogen and oxygen atoms in total. The van der Waals surface area contributed by atoms with Crippen molar-refractivity contribution in [1.82, 2.24) is 4.98 Å². The standard InChI is InChI=1S/C26H24N2O4S/c1-18-7-13-23(14-8-18)33(29,30)25-26(28-16-15-19-5-3-4-6-21(19)17-28)32-24(27-25)20-9-11-22(31-2)12-10-20/h3-14H,15-17H2,1-2H3. The first-order chi connectivity index (χ1) is 16.0. The average molecular weight is 461 g/mol. The first-order valence-corrected chi connectivity index (χ1v) is 12.2. The first-order valence-electron chi connectivity index (χ1n) is 10.7. The molecule has 1 aliphatic heterocycles. The molecule has 0 N–H and O–H groups in total. The Kier molecular flexibility index (Phi) is 5.42. The molecule has 0 spiro atoms. The second-order valence-electron chi connectivity index (χ2n) is 8.11. The Morgan fingerprint density at radius 2 is 1.64 bits per heavy atom. The summed E-state index contributed by atoms with van der Waals surface area (Å²) in [6.07, 6.45) is 0.804. The third-order valence-electron chi connectivity index (χ3n) is 5.92. The van der Waals surface area contributed by atoms with Gasteiger partial charge in [0, 0.05) is 18.7 Å². The van der Waals surface area contributed by atoms with Crippen LogP contribution in [0.5, 0.6) is 5.75 Å². The number of sulfone groups is 1. The van der Waals surface area contributed by atoms with Crippen molar-refractivity contribution < 1.29 is 17.6 Å². The predicted octanol–water partition coefficient (Wildman–Crippen LogP) is 5.05. The zero-order chi connectivity index (χ0) is 23.0. The summed E-state index contributed by atoms with van der Waals surface area (Å²) in [5.41, 5.74) is 4.09. The normalized spacial score (nSPS) is 13.6. The number of benzene rings is 3. The van der Waals surface area contributed by atoms with Gasteiger partial charge in [0.05, 0.1) is 12.0 Å². The van der Waals surface area contributed by atoms with Crippen molar-refractivity contribution in [3.63, 3.8) is 0 Å². The van der Waals surface area contributed by atoms with Crippen LogP contribution in [0.15, 0.2) is 87.1 Å². The minimum Gasteiger partial charge on any atom is -0.497 e. The number of hydrogen-bond acceptors (Lipinski definition) is 6. The highest BCUT2D eigenvalue weighted by atomic mass is 32.2. The predicted molar refractivity (Wildman–Crippen MR) is 126 cm³/mol. The number of fused-ring (bicyclic) bond motifs is 1. The highest BCUT2D eigenvalue weighted by Crippen LogP contribution is 2.37. The zero-order valence-electron chi connectivity index (χ0n) is 18.5. The molecule has 2 heterocycles. The number of nitrogens with zero attached hydrogens (tertiary/aromatic N) is 2. The smallest absolute Gasteiger partial charge is 0.236 e. The van der Waals surface area contributed by atoms with Crippen LogP contribution in [0.4, 0.5) is 5.88 Å². The fourth-order valence-electron chi connectivity index (χ4n) is 4.03. The first kappa shape index (κ1) is 21.3. The lowest BCUT2D eigenvalue weighted by molar-refractivity contribution is 0.415. The van der Waals surface area contributed by atoms with E-state index in [9.17, 15) is 8.42 Å². The molecular weight excluding hydrogens is 436 g/mol. The third kappa shape index (κ3) is 4.00. The minimum atomic E-state index is -3.88. The lowest BCUT2D eigenvalue weighted by Gasteiger charge is -2.28. The molecule has 0 saturated heterocycles. The average Bonchev–Trinajstić information content (AvgIpc) is 3.31. The summed E-state index contributed by atoms with van der Waals surface area (Å²) in [5, 5.41) is -0.0587. The number of methoxy groups -OCH3 is 1. The Labute approximate surface area is 193 Å². The fourth-order valence-corrected chi connectivity index (χ4v) is 5.35. The maximum Gasteiger partial charge on any atom is 0.236 e. The van der Waals surface area contributed by atoms with Gasteiger partial charge in [0.25, 0.3) is 0 Å². The molecule has 7 heteroatoms. The van der Waals surface area contributed by atoms with Crippen molar-refractivity contribution in [2.24, 2.45) is 0 Å². The maximum absolute atomic E-state index is 13.6. The molecule has 1 aliphatic rings. The van der Waals surface area contributed by atoms with Crippen LogP contribution in [0.3, 0.4) is 0 Å². The molecule has 0 amide bonds. The molecule has 0 aliphatic carbocycles. The van der Waals surface area contributed by atoms with E-state index in [0.29, 0.717) is 24.4 Å². The molecule has 3 aromatic carbocycles. The Bertz CT molecular complexity index is 1390. The van der Waals surface area contributed by atoms with Gasteiger partial charge in [-0.2, -0.15) is 4.98 Å². The summed E-state index contributed by atoms with van der Waals surface area (Å²) in [5.74, 6) is 1.23. The van der Waals surface area contributed by atoms with Crippen LogP contribution in [-0.2, 0) is 22.8 Å². The molecule has 0 atom stereocenters. The molecule has 1 aromatic heterocycles. The van der Waals surface area contributed by atoms with E-state index in [1.165, 1.54) is 5.56 Å². The van der Waals surface area contributed by atoms with Crippen LogP contribution < -0.4 is 9.64 Å². The summed E-state index contributed by atoms with van der Waals surface area (Å²) in [6.45, 7) is 3.12. The molecule has 33 heavy (non-hydrogen) atoms. The van der Waals surface area contributed by atoms with E-state index in [1.807, 2.05) is 36.1 Å². The van der Waals surface area contributed by atoms with E-state index in [0.717, 1.165) is 17.5 Å². The SMILES string of the molecule is COc1ccc(-c2nc(S(=O)(=O)c3ccc(C)cc3)c(N3CCc4ccccc4C3)o2)cc1. The van der Waals surface area contributed by atoms with Crippen LogP contribution in [0.25, 0.3) is 11.5 Å². The van der Waals surface area contributed by atoms with Gasteiger partial charge in [0.15, 0.2) is 0 Å². The Morgan fingerprint density at radius 3 is 2.33 bits per heavy atom. The summed E-state index contributed by atoms with van der Waals surface area (Å²) in [4.78, 5) is 6.66. The number of rotatable bonds is 5. The van der Waals surface area contributed by atoms with Crippen molar-refractivity contribution in [1.29, 1.82) is 0 Å². The van der Waals surface area contributed by atoms with E-state index >= 15 is 0 Å². The number of anilines is 1. The summed E-state index contributed by atoms with van der Waals surface area (Å²) in [7, 11) is -2.29. The highest BCUT2D eigenvalue weighted by Gasteiger charge is 2.32. The quantitative estimate of drug-likeness (QED) is 0.415. The number of aryl methyl sites for hydroxylation is 1. The van der Waals surface area contributed by atoms with E-state index in [4.69, 9.17) is 9.15 Å². The van der Waals surface area contributed by atoms with Gasteiger partial charge in [-0.15, -0.1) is 0 Å². The summed E-state index contributed by atoms with van der Waals surface area (Å²) >= 11 is 0. The molecule has 0 radical (unpaired) electrons.